The van der Waals surface area contributed by atoms with Gasteiger partial charge in [0.25, 0.3) is 0 Å². The molecule has 0 aromatic carbocycles. The van der Waals surface area contributed by atoms with Crippen LogP contribution in [0.5, 0.6) is 0 Å². The third-order valence-corrected chi connectivity index (χ3v) is 2.80. The molecule has 0 bridgehead atoms. The maximum Gasteiger partial charge on any atom is 0.0901 e. The predicted octanol–water partition coefficient (Wildman–Crippen LogP) is 0.754. The summed E-state index contributed by atoms with van der Waals surface area (Å²) < 4.78 is 0. The fraction of sp³-hybridized carbons (Fsp3) is 0.889. The second kappa shape index (κ2) is 4.88. The molecule has 0 saturated heterocycles. The van der Waals surface area contributed by atoms with Gasteiger partial charge in [0, 0.05) is 5.54 Å². The van der Waals surface area contributed by atoms with Gasteiger partial charge < -0.3 is 10.8 Å². The minimum atomic E-state index is -0.274. The average molecular weight is 204 g/mol. The summed E-state index contributed by atoms with van der Waals surface area (Å²) in [4.78, 5) is 2.52. The van der Waals surface area contributed by atoms with Gasteiger partial charge in [-0.2, -0.15) is 0 Å². The molecule has 0 spiro atoms. The number of hydrogen-bond donors (Lipinski definition) is 2. The van der Waals surface area contributed by atoms with E-state index in [0.717, 1.165) is 6.42 Å². The van der Waals surface area contributed by atoms with E-state index in [0.29, 0.717) is 4.99 Å². The van der Waals surface area contributed by atoms with Gasteiger partial charge in [0.1, 0.15) is 0 Å². The van der Waals surface area contributed by atoms with Crippen LogP contribution < -0.4 is 5.73 Å². The Kier molecular flexibility index (Phi) is 4.81. The molecule has 0 aromatic heterocycles. The van der Waals surface area contributed by atoms with Crippen LogP contribution in [0.2, 0.25) is 0 Å². The van der Waals surface area contributed by atoms with Gasteiger partial charge in [-0.15, -0.1) is 0 Å². The van der Waals surface area contributed by atoms with Crippen molar-refractivity contribution in [3.8, 4) is 0 Å². The number of aliphatic hydroxyl groups excluding tert-OH is 1. The molecule has 1 unspecified atom stereocenters. The van der Waals surface area contributed by atoms with Gasteiger partial charge in [0.2, 0.25) is 0 Å². The third-order valence-electron chi connectivity index (χ3n) is 2.52. The van der Waals surface area contributed by atoms with Crippen LogP contribution in [-0.2, 0) is 0 Å². The van der Waals surface area contributed by atoms with Crippen LogP contribution in [0.15, 0.2) is 0 Å². The van der Waals surface area contributed by atoms with E-state index in [1.807, 2.05) is 32.7 Å². The first-order chi connectivity index (χ1) is 5.86. The Labute approximate surface area is 85.9 Å². The molecule has 0 aliphatic heterocycles. The molecule has 13 heavy (non-hydrogen) atoms. The molecule has 0 heterocycles. The van der Waals surface area contributed by atoms with Crippen LogP contribution in [0, 0.1) is 0 Å². The van der Waals surface area contributed by atoms with Gasteiger partial charge in [-0.3, -0.25) is 4.90 Å². The smallest absolute Gasteiger partial charge is 0.0901 e. The van der Waals surface area contributed by atoms with E-state index >= 15 is 0 Å². The number of thiocarbonyl (C=S) groups is 1. The molecule has 0 fully saturated rings. The molecule has 1 atom stereocenters. The summed E-state index contributed by atoms with van der Waals surface area (Å²) in [6, 6.07) is 0.0668. The molecule has 3 nitrogen and oxygen atoms in total. The van der Waals surface area contributed by atoms with Gasteiger partial charge in [-0.1, -0.05) is 19.1 Å². The Morgan fingerprint density at radius 3 is 2.31 bits per heavy atom. The Bertz CT molecular complexity index is 182. The van der Waals surface area contributed by atoms with Crippen molar-refractivity contribution in [3.05, 3.63) is 0 Å². The fourth-order valence-corrected chi connectivity index (χ4v) is 1.52. The zero-order valence-corrected chi connectivity index (χ0v) is 9.69. The van der Waals surface area contributed by atoms with Gasteiger partial charge in [0.15, 0.2) is 0 Å². The highest BCUT2D eigenvalue weighted by molar-refractivity contribution is 7.80. The summed E-state index contributed by atoms with van der Waals surface area (Å²) in [7, 11) is 1.93. The van der Waals surface area contributed by atoms with Crippen molar-refractivity contribution in [2.75, 3.05) is 13.7 Å². The number of likely N-dealkylation sites (N-methyl/N-ethyl adjacent to an activating group) is 1. The first kappa shape index (κ1) is 12.8. The minimum absolute atomic E-state index is 0.0668. The summed E-state index contributed by atoms with van der Waals surface area (Å²) in [5.74, 6) is 0. The van der Waals surface area contributed by atoms with Crippen LogP contribution in [0.4, 0.5) is 0 Å². The van der Waals surface area contributed by atoms with Crippen LogP contribution >= 0.6 is 12.2 Å². The predicted molar refractivity (Wildman–Crippen MR) is 59.8 cm³/mol. The number of nitrogens with zero attached hydrogens (tertiary/aromatic N) is 1. The lowest BCUT2D eigenvalue weighted by atomic mass is 10.0. The summed E-state index contributed by atoms with van der Waals surface area (Å²) >= 11 is 4.96. The Morgan fingerprint density at radius 2 is 2.08 bits per heavy atom. The zero-order valence-electron chi connectivity index (χ0n) is 8.87. The normalized spacial score (nSPS) is 14.6. The minimum Gasteiger partial charge on any atom is -0.394 e. The topological polar surface area (TPSA) is 49.5 Å². The van der Waals surface area contributed by atoms with E-state index in [1.54, 1.807) is 0 Å². The lowest BCUT2D eigenvalue weighted by molar-refractivity contribution is 0.0639. The van der Waals surface area contributed by atoms with E-state index in [1.165, 1.54) is 0 Å². The Hall–Kier alpha value is -0.190. The molecule has 0 radical (unpaired) electrons. The summed E-state index contributed by atoms with van der Waals surface area (Å²) in [6.07, 6.45) is 0.870. The van der Waals surface area contributed by atoms with Crippen molar-refractivity contribution in [2.45, 2.75) is 38.8 Å². The maximum atomic E-state index is 9.16. The lowest BCUT2D eigenvalue weighted by Crippen LogP contribution is -2.53. The quantitative estimate of drug-likeness (QED) is 0.649. The molecule has 0 amide bonds. The first-order valence-corrected chi connectivity index (χ1v) is 4.90. The van der Waals surface area contributed by atoms with Crippen LogP contribution in [0.3, 0.4) is 0 Å². The molecular formula is C9H20N2OS. The summed E-state index contributed by atoms with van der Waals surface area (Å²) in [5.41, 5.74) is 5.33. The van der Waals surface area contributed by atoms with Gasteiger partial charge in [0.05, 0.1) is 17.6 Å². The fourth-order valence-electron chi connectivity index (χ4n) is 1.20. The number of aliphatic hydroxyl groups is 1. The van der Waals surface area contributed by atoms with E-state index < -0.39 is 0 Å². The zero-order chi connectivity index (χ0) is 10.6. The number of hydrogen-bond acceptors (Lipinski definition) is 3. The molecule has 78 valence electrons. The van der Waals surface area contributed by atoms with Crippen molar-refractivity contribution < 1.29 is 5.11 Å². The van der Waals surface area contributed by atoms with E-state index in [9.17, 15) is 0 Å². The molecule has 0 rings (SSSR count). The summed E-state index contributed by atoms with van der Waals surface area (Å²) in [6.45, 7) is 6.07. The molecule has 3 N–H and O–H groups in total. The largest absolute Gasteiger partial charge is 0.394 e. The van der Waals surface area contributed by atoms with Crippen LogP contribution in [0.25, 0.3) is 0 Å². The molecule has 0 aliphatic rings. The van der Waals surface area contributed by atoms with Crippen molar-refractivity contribution in [3.63, 3.8) is 0 Å². The number of nitrogens with two attached hydrogens (primary N) is 1. The van der Waals surface area contributed by atoms with Crippen molar-refractivity contribution in [1.29, 1.82) is 0 Å². The lowest BCUT2D eigenvalue weighted by Gasteiger charge is -2.39. The summed E-state index contributed by atoms with van der Waals surface area (Å²) in [5, 5.41) is 9.16. The van der Waals surface area contributed by atoms with Gasteiger partial charge in [-0.25, -0.2) is 0 Å². The SMILES string of the molecule is CCC(C(N)=S)N(C)C(C)(C)CO. The Balaban J connectivity index is 4.54. The monoisotopic (exact) mass is 204 g/mol. The second-order valence-electron chi connectivity index (χ2n) is 3.91. The highest BCUT2D eigenvalue weighted by Gasteiger charge is 2.29. The van der Waals surface area contributed by atoms with Crippen molar-refractivity contribution >= 4 is 17.2 Å². The molecule has 0 saturated carbocycles. The van der Waals surface area contributed by atoms with Gasteiger partial charge >= 0.3 is 0 Å². The van der Waals surface area contributed by atoms with Gasteiger partial charge in [-0.05, 0) is 27.3 Å². The molecule has 4 heteroatoms. The first-order valence-electron chi connectivity index (χ1n) is 4.50. The van der Waals surface area contributed by atoms with E-state index in [4.69, 9.17) is 23.1 Å². The van der Waals surface area contributed by atoms with E-state index in [-0.39, 0.29) is 18.2 Å². The Morgan fingerprint density at radius 1 is 1.62 bits per heavy atom. The van der Waals surface area contributed by atoms with Crippen LogP contribution in [-0.4, -0.2) is 40.2 Å². The molecular weight excluding hydrogens is 184 g/mol. The highest BCUT2D eigenvalue weighted by atomic mass is 32.1. The highest BCUT2D eigenvalue weighted by Crippen LogP contribution is 2.16. The van der Waals surface area contributed by atoms with E-state index in [2.05, 4.69) is 0 Å². The average Bonchev–Trinajstić information content (AvgIpc) is 2.05. The number of rotatable bonds is 5. The second-order valence-corrected chi connectivity index (χ2v) is 4.38. The van der Waals surface area contributed by atoms with Crippen LogP contribution in [0.1, 0.15) is 27.2 Å². The maximum absolute atomic E-state index is 9.16. The van der Waals surface area contributed by atoms with Crippen molar-refractivity contribution in [1.82, 2.24) is 4.90 Å². The molecule has 0 aromatic rings. The third kappa shape index (κ3) is 3.21. The molecule has 0 aliphatic carbocycles. The standard InChI is InChI=1S/C9H20N2OS/c1-5-7(8(10)13)11(4)9(2,3)6-12/h7,12H,5-6H2,1-4H3,(H2,10,13). The van der Waals surface area contributed by atoms with Crippen molar-refractivity contribution in [2.24, 2.45) is 5.73 Å².